The number of rotatable bonds is 3. The van der Waals surface area contributed by atoms with Gasteiger partial charge in [-0.15, -0.1) is 0 Å². The van der Waals surface area contributed by atoms with Crippen LogP contribution in [0.2, 0.25) is 5.02 Å². The van der Waals surface area contributed by atoms with Gasteiger partial charge in [0.2, 0.25) is 0 Å². The molecular weight excluding hydrogens is 296 g/mol. The second-order valence-electron chi connectivity index (χ2n) is 5.00. The smallest absolute Gasteiger partial charge is 0.320 e. The van der Waals surface area contributed by atoms with Gasteiger partial charge in [-0.05, 0) is 25.1 Å². The number of carbonyl (C=O) groups excluding carboxylic acids is 1. The number of benzene rings is 1. The third kappa shape index (κ3) is 3.46. The molecule has 1 amide bonds. The number of carboxylic acids is 1. The first kappa shape index (κ1) is 15.6. The van der Waals surface area contributed by atoms with Crippen molar-refractivity contribution in [1.29, 1.82) is 0 Å². The summed E-state index contributed by atoms with van der Waals surface area (Å²) in [5.74, 6) is -1.27. The normalized spacial score (nSPS) is 17.5. The maximum absolute atomic E-state index is 12.4. The largest absolute Gasteiger partial charge is 0.507 e. The molecule has 6 nitrogen and oxygen atoms in total. The zero-order valence-corrected chi connectivity index (χ0v) is 12.4. The van der Waals surface area contributed by atoms with Gasteiger partial charge in [0.05, 0.1) is 5.56 Å². The van der Waals surface area contributed by atoms with Gasteiger partial charge in [-0.3, -0.25) is 14.5 Å². The molecule has 2 rings (SSSR count). The quantitative estimate of drug-likeness (QED) is 0.878. The number of phenolic OH excluding ortho intramolecular Hbond substituents is 1. The summed E-state index contributed by atoms with van der Waals surface area (Å²) in [7, 11) is 0. The van der Waals surface area contributed by atoms with E-state index >= 15 is 0 Å². The highest BCUT2D eigenvalue weighted by Crippen LogP contribution is 2.23. The van der Waals surface area contributed by atoms with E-state index in [1.54, 1.807) is 11.8 Å². The molecule has 1 unspecified atom stereocenters. The van der Waals surface area contributed by atoms with Crippen LogP contribution in [0.1, 0.15) is 17.3 Å². The molecule has 0 saturated carbocycles. The average Bonchev–Trinajstić information content (AvgIpc) is 2.48. The summed E-state index contributed by atoms with van der Waals surface area (Å²) in [6, 6.07) is 3.77. The van der Waals surface area contributed by atoms with Gasteiger partial charge in [0.15, 0.2) is 0 Å². The van der Waals surface area contributed by atoms with Crippen LogP contribution in [0.5, 0.6) is 5.75 Å². The van der Waals surface area contributed by atoms with E-state index in [-0.39, 0.29) is 17.2 Å². The van der Waals surface area contributed by atoms with Crippen molar-refractivity contribution in [2.45, 2.75) is 13.0 Å². The molecule has 7 heteroatoms. The van der Waals surface area contributed by atoms with Crippen LogP contribution in [-0.2, 0) is 4.79 Å². The Morgan fingerprint density at radius 1 is 1.24 bits per heavy atom. The van der Waals surface area contributed by atoms with E-state index in [9.17, 15) is 14.7 Å². The lowest BCUT2D eigenvalue weighted by molar-refractivity contribution is -0.143. The summed E-state index contributed by atoms with van der Waals surface area (Å²) in [6.07, 6.45) is 0. The van der Waals surface area contributed by atoms with Gasteiger partial charge < -0.3 is 15.1 Å². The summed E-state index contributed by atoms with van der Waals surface area (Å²) in [4.78, 5) is 26.7. The van der Waals surface area contributed by atoms with Gasteiger partial charge in [0, 0.05) is 31.2 Å². The molecule has 1 aromatic carbocycles. The Labute approximate surface area is 127 Å². The Morgan fingerprint density at radius 2 is 1.86 bits per heavy atom. The van der Waals surface area contributed by atoms with E-state index in [1.165, 1.54) is 18.2 Å². The Bertz CT molecular complexity index is 556. The van der Waals surface area contributed by atoms with Crippen LogP contribution >= 0.6 is 11.6 Å². The van der Waals surface area contributed by atoms with Crippen molar-refractivity contribution in [3.8, 4) is 5.75 Å². The van der Waals surface area contributed by atoms with Crippen molar-refractivity contribution in [1.82, 2.24) is 9.80 Å². The van der Waals surface area contributed by atoms with Gasteiger partial charge in [-0.2, -0.15) is 0 Å². The number of amides is 1. The van der Waals surface area contributed by atoms with Crippen LogP contribution in [0, 0.1) is 0 Å². The van der Waals surface area contributed by atoms with Gasteiger partial charge >= 0.3 is 5.97 Å². The van der Waals surface area contributed by atoms with E-state index in [1.807, 2.05) is 4.90 Å². The molecule has 114 valence electrons. The molecule has 1 fully saturated rings. The van der Waals surface area contributed by atoms with Crippen molar-refractivity contribution in [3.05, 3.63) is 28.8 Å². The summed E-state index contributed by atoms with van der Waals surface area (Å²) in [5, 5.41) is 19.1. The van der Waals surface area contributed by atoms with Crippen LogP contribution in [0.4, 0.5) is 0 Å². The zero-order chi connectivity index (χ0) is 15.6. The summed E-state index contributed by atoms with van der Waals surface area (Å²) in [5.41, 5.74) is 0.169. The molecule has 0 bridgehead atoms. The molecule has 21 heavy (non-hydrogen) atoms. The van der Waals surface area contributed by atoms with Gasteiger partial charge in [-0.25, -0.2) is 0 Å². The number of carboxylic acid groups (broad SMARTS) is 1. The number of aliphatic carboxylic acids is 1. The third-order valence-corrected chi connectivity index (χ3v) is 3.93. The van der Waals surface area contributed by atoms with Crippen LogP contribution in [0.15, 0.2) is 18.2 Å². The first-order chi connectivity index (χ1) is 9.90. The number of hydrogen-bond acceptors (Lipinski definition) is 4. The van der Waals surface area contributed by atoms with Crippen LogP contribution < -0.4 is 0 Å². The molecule has 1 aliphatic heterocycles. The minimum absolute atomic E-state index is 0.106. The molecule has 1 atom stereocenters. The summed E-state index contributed by atoms with van der Waals surface area (Å²) >= 11 is 5.84. The van der Waals surface area contributed by atoms with Crippen molar-refractivity contribution in [2.75, 3.05) is 26.2 Å². The Hall–Kier alpha value is -1.79. The predicted octanol–water partition coefficient (Wildman–Crippen LogP) is 1.28. The molecule has 0 spiro atoms. The first-order valence-electron chi connectivity index (χ1n) is 6.65. The standard InChI is InChI=1S/C14H17ClN2O4/c1-9(14(20)21)16-4-6-17(7-5-16)13(19)11-8-10(15)2-3-12(11)18/h2-3,8-9,18H,4-7H2,1H3,(H,20,21). The molecule has 1 saturated heterocycles. The van der Waals surface area contributed by atoms with Gasteiger partial charge in [-0.1, -0.05) is 11.6 Å². The van der Waals surface area contributed by atoms with E-state index in [0.717, 1.165) is 0 Å². The molecule has 2 N–H and O–H groups in total. The lowest BCUT2D eigenvalue weighted by atomic mass is 10.1. The Morgan fingerprint density at radius 3 is 2.43 bits per heavy atom. The maximum Gasteiger partial charge on any atom is 0.320 e. The number of phenols is 1. The van der Waals surface area contributed by atoms with Crippen LogP contribution in [0.3, 0.4) is 0 Å². The van der Waals surface area contributed by atoms with Crippen LogP contribution in [0.25, 0.3) is 0 Å². The fraction of sp³-hybridized carbons (Fsp3) is 0.429. The number of halogens is 1. The van der Waals surface area contributed by atoms with Crippen molar-refractivity contribution in [2.24, 2.45) is 0 Å². The van der Waals surface area contributed by atoms with Crippen molar-refractivity contribution in [3.63, 3.8) is 0 Å². The summed E-state index contributed by atoms with van der Waals surface area (Å²) in [6.45, 7) is 3.44. The minimum atomic E-state index is -0.873. The average molecular weight is 313 g/mol. The zero-order valence-electron chi connectivity index (χ0n) is 11.6. The second kappa shape index (κ2) is 6.32. The molecule has 1 aromatic rings. The Kier molecular flexibility index (Phi) is 4.69. The SMILES string of the molecule is CC(C(=O)O)N1CCN(C(=O)c2cc(Cl)ccc2O)CC1. The van der Waals surface area contributed by atoms with Gasteiger partial charge in [0.25, 0.3) is 5.91 Å². The molecule has 1 heterocycles. The van der Waals surface area contributed by atoms with Crippen molar-refractivity contribution >= 4 is 23.5 Å². The first-order valence-corrected chi connectivity index (χ1v) is 7.02. The molecule has 1 aliphatic rings. The topological polar surface area (TPSA) is 81.1 Å². The number of hydrogen-bond donors (Lipinski definition) is 2. The lowest BCUT2D eigenvalue weighted by Gasteiger charge is -2.36. The van der Waals surface area contributed by atoms with E-state index in [0.29, 0.717) is 31.2 Å². The highest BCUT2D eigenvalue weighted by atomic mass is 35.5. The number of piperazine rings is 1. The third-order valence-electron chi connectivity index (χ3n) is 3.70. The van der Waals surface area contributed by atoms with Gasteiger partial charge in [0.1, 0.15) is 11.8 Å². The number of carbonyl (C=O) groups is 2. The van der Waals surface area contributed by atoms with E-state index in [4.69, 9.17) is 16.7 Å². The van der Waals surface area contributed by atoms with Crippen molar-refractivity contribution < 1.29 is 19.8 Å². The molecular formula is C14H17ClN2O4. The molecule has 0 radical (unpaired) electrons. The summed E-state index contributed by atoms with van der Waals surface area (Å²) < 4.78 is 0. The molecule has 0 aromatic heterocycles. The maximum atomic E-state index is 12.4. The van der Waals surface area contributed by atoms with E-state index in [2.05, 4.69) is 0 Å². The molecule has 0 aliphatic carbocycles. The number of aromatic hydroxyl groups is 1. The van der Waals surface area contributed by atoms with Crippen LogP contribution in [-0.4, -0.2) is 64.1 Å². The van der Waals surface area contributed by atoms with E-state index < -0.39 is 12.0 Å². The Balaban J connectivity index is 2.03. The predicted molar refractivity (Wildman–Crippen MR) is 77.7 cm³/mol. The highest BCUT2D eigenvalue weighted by molar-refractivity contribution is 6.31. The number of nitrogens with zero attached hydrogens (tertiary/aromatic N) is 2. The fourth-order valence-corrected chi connectivity index (χ4v) is 2.49. The fourth-order valence-electron chi connectivity index (χ4n) is 2.32. The minimum Gasteiger partial charge on any atom is -0.507 e. The lowest BCUT2D eigenvalue weighted by Crippen LogP contribution is -2.53. The highest BCUT2D eigenvalue weighted by Gasteiger charge is 2.28. The monoisotopic (exact) mass is 312 g/mol. The second-order valence-corrected chi connectivity index (χ2v) is 5.44.